The van der Waals surface area contributed by atoms with Crippen molar-refractivity contribution in [1.82, 2.24) is 10.2 Å². The van der Waals surface area contributed by atoms with Crippen molar-refractivity contribution in [3.05, 3.63) is 0 Å². The number of piperidine rings is 1. The first kappa shape index (κ1) is 12.9. The van der Waals surface area contributed by atoms with Gasteiger partial charge in [0.15, 0.2) is 0 Å². The van der Waals surface area contributed by atoms with E-state index in [1.54, 1.807) is 0 Å². The topological polar surface area (TPSA) is 32.3 Å². The Labute approximate surface area is 105 Å². The van der Waals surface area contributed by atoms with Crippen LogP contribution in [0.5, 0.6) is 0 Å². The van der Waals surface area contributed by atoms with Gasteiger partial charge in [-0.2, -0.15) is 0 Å². The van der Waals surface area contributed by atoms with Gasteiger partial charge in [-0.05, 0) is 25.2 Å². The molecule has 1 saturated carbocycles. The largest absolute Gasteiger partial charge is 0.341 e. The summed E-state index contributed by atoms with van der Waals surface area (Å²) in [5.74, 6) is 0.952. The number of nitrogens with zero attached hydrogens (tertiary/aromatic N) is 1. The lowest BCUT2D eigenvalue weighted by Gasteiger charge is -2.38. The number of nitrogens with one attached hydrogen (secondary N) is 1. The molecule has 3 nitrogen and oxygen atoms in total. The SMILES string of the molecule is CCC(=O)N1CC(C)CC(NC2CCCC2)C1. The van der Waals surface area contributed by atoms with Gasteiger partial charge in [0.2, 0.25) is 5.91 Å². The van der Waals surface area contributed by atoms with Gasteiger partial charge in [-0.1, -0.05) is 26.7 Å². The van der Waals surface area contributed by atoms with Gasteiger partial charge in [0.05, 0.1) is 0 Å². The zero-order valence-corrected chi connectivity index (χ0v) is 11.2. The Bertz CT molecular complexity index is 261. The minimum absolute atomic E-state index is 0.315. The van der Waals surface area contributed by atoms with Gasteiger partial charge in [0.25, 0.3) is 0 Å². The second kappa shape index (κ2) is 5.85. The maximum absolute atomic E-state index is 11.8. The molecule has 0 aromatic heterocycles. The third-order valence-electron chi connectivity index (χ3n) is 4.14. The predicted octanol–water partition coefficient (Wildman–Crippen LogP) is 2.17. The molecular formula is C14H26N2O. The highest BCUT2D eigenvalue weighted by Crippen LogP contribution is 2.22. The van der Waals surface area contributed by atoms with Gasteiger partial charge in [0, 0.05) is 31.6 Å². The molecular weight excluding hydrogens is 212 g/mol. The maximum Gasteiger partial charge on any atom is 0.222 e. The van der Waals surface area contributed by atoms with Crippen LogP contribution >= 0.6 is 0 Å². The number of rotatable bonds is 3. The molecule has 0 radical (unpaired) electrons. The Kier molecular flexibility index (Phi) is 4.43. The molecule has 2 fully saturated rings. The molecule has 0 aromatic carbocycles. The first-order valence-electron chi connectivity index (χ1n) is 7.23. The van der Waals surface area contributed by atoms with Crippen LogP contribution in [0.2, 0.25) is 0 Å². The van der Waals surface area contributed by atoms with Crippen LogP contribution in [-0.2, 0) is 4.79 Å². The van der Waals surface area contributed by atoms with Gasteiger partial charge < -0.3 is 10.2 Å². The van der Waals surface area contributed by atoms with E-state index in [1.807, 2.05) is 6.92 Å². The monoisotopic (exact) mass is 238 g/mol. The molecule has 2 aliphatic rings. The van der Waals surface area contributed by atoms with Gasteiger partial charge in [0.1, 0.15) is 0 Å². The maximum atomic E-state index is 11.8. The average Bonchev–Trinajstić information content (AvgIpc) is 2.80. The van der Waals surface area contributed by atoms with Crippen molar-refractivity contribution in [2.24, 2.45) is 5.92 Å². The summed E-state index contributed by atoms with van der Waals surface area (Å²) in [4.78, 5) is 13.8. The van der Waals surface area contributed by atoms with E-state index in [0.717, 1.165) is 13.1 Å². The zero-order valence-electron chi connectivity index (χ0n) is 11.2. The van der Waals surface area contributed by atoms with Gasteiger partial charge in [-0.15, -0.1) is 0 Å². The number of carbonyl (C=O) groups is 1. The first-order chi connectivity index (χ1) is 8.19. The minimum Gasteiger partial charge on any atom is -0.341 e. The summed E-state index contributed by atoms with van der Waals surface area (Å²) in [5.41, 5.74) is 0. The number of carbonyl (C=O) groups excluding carboxylic acids is 1. The lowest BCUT2D eigenvalue weighted by atomic mass is 9.95. The van der Waals surface area contributed by atoms with Crippen LogP contribution in [0.25, 0.3) is 0 Å². The van der Waals surface area contributed by atoms with Gasteiger partial charge in [-0.25, -0.2) is 0 Å². The molecule has 3 heteroatoms. The van der Waals surface area contributed by atoms with E-state index in [0.29, 0.717) is 30.3 Å². The molecule has 17 heavy (non-hydrogen) atoms. The first-order valence-corrected chi connectivity index (χ1v) is 7.23. The molecule has 2 atom stereocenters. The predicted molar refractivity (Wildman–Crippen MR) is 69.8 cm³/mol. The summed E-state index contributed by atoms with van der Waals surface area (Å²) in [6.45, 7) is 6.10. The Morgan fingerprint density at radius 1 is 1.24 bits per heavy atom. The van der Waals surface area contributed by atoms with Crippen LogP contribution in [0.3, 0.4) is 0 Å². The molecule has 1 amide bonds. The fourth-order valence-electron chi connectivity index (χ4n) is 3.33. The third-order valence-corrected chi connectivity index (χ3v) is 4.14. The summed E-state index contributed by atoms with van der Waals surface area (Å²) in [7, 11) is 0. The zero-order chi connectivity index (χ0) is 12.3. The van der Waals surface area contributed by atoms with Gasteiger partial charge in [-0.3, -0.25) is 4.79 Å². The number of amides is 1. The van der Waals surface area contributed by atoms with Crippen LogP contribution in [0.15, 0.2) is 0 Å². The standard InChI is InChI=1S/C14H26N2O/c1-3-14(17)16-9-11(2)8-13(10-16)15-12-6-4-5-7-12/h11-13,15H,3-10H2,1-2H3. The molecule has 0 aromatic rings. The molecule has 0 bridgehead atoms. The summed E-state index contributed by atoms with van der Waals surface area (Å²) < 4.78 is 0. The average molecular weight is 238 g/mol. The molecule has 2 rings (SSSR count). The van der Waals surface area contributed by atoms with Crippen molar-refractivity contribution < 1.29 is 4.79 Å². The quantitative estimate of drug-likeness (QED) is 0.817. The number of hydrogen-bond donors (Lipinski definition) is 1. The molecule has 1 saturated heterocycles. The molecule has 1 aliphatic heterocycles. The van der Waals surface area contributed by atoms with Crippen molar-refractivity contribution in [2.75, 3.05) is 13.1 Å². The molecule has 98 valence electrons. The van der Waals surface area contributed by atoms with E-state index < -0.39 is 0 Å². The Hall–Kier alpha value is -0.570. The third kappa shape index (κ3) is 3.44. The fraction of sp³-hybridized carbons (Fsp3) is 0.929. The Morgan fingerprint density at radius 3 is 2.59 bits per heavy atom. The van der Waals surface area contributed by atoms with Crippen LogP contribution < -0.4 is 5.32 Å². The molecule has 2 unspecified atom stereocenters. The van der Waals surface area contributed by atoms with Crippen molar-refractivity contribution in [3.8, 4) is 0 Å². The lowest BCUT2D eigenvalue weighted by molar-refractivity contribution is -0.133. The van der Waals surface area contributed by atoms with E-state index in [2.05, 4.69) is 17.1 Å². The highest BCUT2D eigenvalue weighted by molar-refractivity contribution is 5.76. The van der Waals surface area contributed by atoms with Gasteiger partial charge >= 0.3 is 0 Å². The minimum atomic E-state index is 0.315. The second-order valence-electron chi connectivity index (χ2n) is 5.84. The second-order valence-corrected chi connectivity index (χ2v) is 5.84. The highest BCUT2D eigenvalue weighted by atomic mass is 16.2. The normalized spacial score (nSPS) is 30.8. The van der Waals surface area contributed by atoms with Crippen molar-refractivity contribution in [2.45, 2.75) is 64.5 Å². The van der Waals surface area contributed by atoms with Crippen molar-refractivity contribution in [1.29, 1.82) is 0 Å². The van der Waals surface area contributed by atoms with E-state index >= 15 is 0 Å². The molecule has 1 N–H and O–H groups in total. The van der Waals surface area contributed by atoms with E-state index in [9.17, 15) is 4.79 Å². The number of hydrogen-bond acceptors (Lipinski definition) is 2. The molecule has 1 aliphatic carbocycles. The summed E-state index contributed by atoms with van der Waals surface area (Å²) >= 11 is 0. The van der Waals surface area contributed by atoms with Crippen molar-refractivity contribution in [3.63, 3.8) is 0 Å². The lowest BCUT2D eigenvalue weighted by Crippen LogP contribution is -2.52. The Morgan fingerprint density at radius 2 is 1.94 bits per heavy atom. The van der Waals surface area contributed by atoms with E-state index in [1.165, 1.54) is 32.1 Å². The number of likely N-dealkylation sites (tertiary alicyclic amines) is 1. The highest BCUT2D eigenvalue weighted by Gasteiger charge is 2.28. The molecule has 0 spiro atoms. The molecule has 1 heterocycles. The van der Waals surface area contributed by atoms with Crippen LogP contribution in [0.1, 0.15) is 52.4 Å². The fourth-order valence-corrected chi connectivity index (χ4v) is 3.33. The van der Waals surface area contributed by atoms with Crippen LogP contribution in [-0.4, -0.2) is 36.0 Å². The Balaban J connectivity index is 1.86. The van der Waals surface area contributed by atoms with Crippen LogP contribution in [0.4, 0.5) is 0 Å². The van der Waals surface area contributed by atoms with E-state index in [4.69, 9.17) is 0 Å². The summed E-state index contributed by atoms with van der Waals surface area (Å²) in [6.07, 6.45) is 7.27. The van der Waals surface area contributed by atoms with Crippen molar-refractivity contribution >= 4 is 5.91 Å². The summed E-state index contributed by atoms with van der Waals surface area (Å²) in [6, 6.07) is 1.24. The smallest absolute Gasteiger partial charge is 0.222 e. The van der Waals surface area contributed by atoms with E-state index in [-0.39, 0.29) is 0 Å². The summed E-state index contributed by atoms with van der Waals surface area (Å²) in [5, 5.41) is 3.76. The van der Waals surface area contributed by atoms with Crippen LogP contribution in [0, 0.1) is 5.92 Å².